The van der Waals surface area contributed by atoms with Crippen molar-refractivity contribution < 1.29 is 4.74 Å². The minimum Gasteiger partial charge on any atom is -0.455 e. The van der Waals surface area contributed by atoms with E-state index in [4.69, 9.17) is 16.3 Å². The van der Waals surface area contributed by atoms with Crippen molar-refractivity contribution in [3.8, 4) is 11.5 Å². The lowest BCUT2D eigenvalue weighted by atomic mass is 10.2. The third-order valence-corrected chi connectivity index (χ3v) is 3.02. The second-order valence-corrected chi connectivity index (χ2v) is 4.53. The Balaban J connectivity index is 2.36. The monoisotopic (exact) mass is 261 g/mol. The molecule has 0 spiro atoms. The molecule has 94 valence electrons. The topological polar surface area (TPSA) is 21.3 Å². The number of benzene rings is 2. The third-order valence-electron chi connectivity index (χ3n) is 2.72. The summed E-state index contributed by atoms with van der Waals surface area (Å²) in [5.41, 5.74) is 2.14. The smallest absolute Gasteiger partial charge is 0.150 e. The highest BCUT2D eigenvalue weighted by atomic mass is 35.5. The predicted octanol–water partition coefficient (Wildman–Crippen LogP) is 4.16. The van der Waals surface area contributed by atoms with Crippen LogP contribution < -0.4 is 10.1 Å². The second kappa shape index (κ2) is 5.89. The van der Waals surface area contributed by atoms with Crippen LogP contribution >= 0.6 is 11.6 Å². The molecular weight excluding hydrogens is 246 g/mol. The first-order valence-electron chi connectivity index (χ1n) is 5.88. The average molecular weight is 262 g/mol. The fourth-order valence-electron chi connectivity index (χ4n) is 1.78. The fourth-order valence-corrected chi connectivity index (χ4v) is 2.01. The number of aryl methyl sites for hydroxylation is 1. The molecule has 0 unspecified atom stereocenters. The molecule has 0 heterocycles. The molecule has 0 radical (unpaired) electrons. The zero-order chi connectivity index (χ0) is 13.0. The molecular formula is C15H16ClNO. The Labute approximate surface area is 113 Å². The molecule has 0 aliphatic carbocycles. The van der Waals surface area contributed by atoms with Crippen molar-refractivity contribution in [3.63, 3.8) is 0 Å². The van der Waals surface area contributed by atoms with Gasteiger partial charge in [-0.25, -0.2) is 0 Å². The van der Waals surface area contributed by atoms with Crippen LogP contribution in [0.3, 0.4) is 0 Å². The third kappa shape index (κ3) is 2.84. The van der Waals surface area contributed by atoms with Gasteiger partial charge < -0.3 is 10.1 Å². The summed E-state index contributed by atoms with van der Waals surface area (Å²) in [6.07, 6.45) is 0. The SMILES string of the molecule is CNCc1cccc(Cl)c1Oc1ccccc1C. The second-order valence-electron chi connectivity index (χ2n) is 4.13. The molecule has 0 aliphatic rings. The number of rotatable bonds is 4. The molecule has 1 N–H and O–H groups in total. The van der Waals surface area contributed by atoms with Gasteiger partial charge in [-0.15, -0.1) is 0 Å². The molecule has 2 nitrogen and oxygen atoms in total. The molecule has 18 heavy (non-hydrogen) atoms. The quantitative estimate of drug-likeness (QED) is 0.892. The minimum atomic E-state index is 0.631. The Bertz CT molecular complexity index is 540. The Morgan fingerprint density at radius 2 is 1.89 bits per heavy atom. The van der Waals surface area contributed by atoms with Crippen LogP contribution in [0.1, 0.15) is 11.1 Å². The Morgan fingerprint density at radius 3 is 2.61 bits per heavy atom. The first-order chi connectivity index (χ1) is 8.72. The summed E-state index contributed by atoms with van der Waals surface area (Å²) in [4.78, 5) is 0. The highest BCUT2D eigenvalue weighted by molar-refractivity contribution is 6.32. The van der Waals surface area contributed by atoms with Crippen molar-refractivity contribution in [2.75, 3.05) is 7.05 Å². The highest BCUT2D eigenvalue weighted by Crippen LogP contribution is 2.34. The molecule has 2 aromatic rings. The Morgan fingerprint density at radius 1 is 1.11 bits per heavy atom. The van der Waals surface area contributed by atoms with E-state index in [0.29, 0.717) is 5.02 Å². The van der Waals surface area contributed by atoms with Crippen LogP contribution in [0, 0.1) is 6.92 Å². The Hall–Kier alpha value is -1.51. The van der Waals surface area contributed by atoms with Gasteiger partial charge >= 0.3 is 0 Å². The van der Waals surface area contributed by atoms with Crippen LogP contribution in [-0.2, 0) is 6.54 Å². The maximum Gasteiger partial charge on any atom is 0.150 e. The summed E-state index contributed by atoms with van der Waals surface area (Å²) in [6, 6.07) is 13.7. The molecule has 0 aromatic heterocycles. The lowest BCUT2D eigenvalue weighted by Gasteiger charge is -2.14. The van der Waals surface area contributed by atoms with E-state index in [-0.39, 0.29) is 0 Å². The number of hydrogen-bond donors (Lipinski definition) is 1. The van der Waals surface area contributed by atoms with Gasteiger partial charge in [0.15, 0.2) is 5.75 Å². The van der Waals surface area contributed by atoms with Gasteiger partial charge in [0.25, 0.3) is 0 Å². The number of nitrogens with one attached hydrogen (secondary N) is 1. The number of para-hydroxylation sites is 2. The summed E-state index contributed by atoms with van der Waals surface area (Å²) in [5, 5.41) is 3.74. The van der Waals surface area contributed by atoms with Crippen LogP contribution in [-0.4, -0.2) is 7.05 Å². The van der Waals surface area contributed by atoms with E-state index in [1.165, 1.54) is 0 Å². The zero-order valence-corrected chi connectivity index (χ0v) is 11.3. The predicted molar refractivity (Wildman–Crippen MR) is 75.5 cm³/mol. The Kier molecular flexibility index (Phi) is 4.24. The van der Waals surface area contributed by atoms with E-state index in [1.54, 1.807) is 0 Å². The van der Waals surface area contributed by atoms with Gasteiger partial charge in [-0.2, -0.15) is 0 Å². The van der Waals surface area contributed by atoms with Gasteiger partial charge in [-0.05, 0) is 31.7 Å². The normalized spacial score (nSPS) is 10.4. The lowest BCUT2D eigenvalue weighted by Crippen LogP contribution is -2.06. The molecule has 0 atom stereocenters. The van der Waals surface area contributed by atoms with Crippen LogP contribution in [0.2, 0.25) is 5.02 Å². The number of hydrogen-bond acceptors (Lipinski definition) is 2. The van der Waals surface area contributed by atoms with Gasteiger partial charge in [-0.1, -0.05) is 41.9 Å². The van der Waals surface area contributed by atoms with Gasteiger partial charge in [0.1, 0.15) is 5.75 Å². The summed E-state index contributed by atoms with van der Waals surface area (Å²) < 4.78 is 5.95. The van der Waals surface area contributed by atoms with Crippen molar-refractivity contribution in [1.82, 2.24) is 5.32 Å². The summed E-state index contributed by atoms with van der Waals surface area (Å²) >= 11 is 6.21. The van der Waals surface area contributed by atoms with E-state index < -0.39 is 0 Å². The van der Waals surface area contributed by atoms with Gasteiger partial charge in [0.05, 0.1) is 5.02 Å². The minimum absolute atomic E-state index is 0.631. The first-order valence-corrected chi connectivity index (χ1v) is 6.25. The molecule has 0 bridgehead atoms. The fraction of sp³-hybridized carbons (Fsp3) is 0.200. The molecule has 3 heteroatoms. The van der Waals surface area contributed by atoms with E-state index in [2.05, 4.69) is 5.32 Å². The summed E-state index contributed by atoms with van der Waals surface area (Å²) in [7, 11) is 1.90. The largest absolute Gasteiger partial charge is 0.455 e. The van der Waals surface area contributed by atoms with Crippen molar-refractivity contribution >= 4 is 11.6 Å². The first kappa shape index (κ1) is 12.9. The van der Waals surface area contributed by atoms with Crippen molar-refractivity contribution in [3.05, 3.63) is 58.6 Å². The average Bonchev–Trinajstić information content (AvgIpc) is 2.36. The molecule has 0 fully saturated rings. The lowest BCUT2D eigenvalue weighted by molar-refractivity contribution is 0.471. The highest BCUT2D eigenvalue weighted by Gasteiger charge is 2.10. The number of ether oxygens (including phenoxy) is 1. The van der Waals surface area contributed by atoms with Crippen LogP contribution in [0.15, 0.2) is 42.5 Å². The van der Waals surface area contributed by atoms with Crippen molar-refractivity contribution in [2.45, 2.75) is 13.5 Å². The van der Waals surface area contributed by atoms with Crippen LogP contribution in [0.25, 0.3) is 0 Å². The molecule has 0 amide bonds. The maximum absolute atomic E-state index is 6.21. The molecule has 2 aromatic carbocycles. The van der Waals surface area contributed by atoms with Gasteiger partial charge in [0.2, 0.25) is 0 Å². The molecule has 0 saturated carbocycles. The van der Waals surface area contributed by atoms with Crippen molar-refractivity contribution in [1.29, 1.82) is 0 Å². The molecule has 0 saturated heterocycles. The molecule has 0 aliphatic heterocycles. The zero-order valence-electron chi connectivity index (χ0n) is 10.5. The van der Waals surface area contributed by atoms with Gasteiger partial charge in [0, 0.05) is 12.1 Å². The number of halogens is 1. The van der Waals surface area contributed by atoms with E-state index >= 15 is 0 Å². The van der Waals surface area contributed by atoms with E-state index in [1.807, 2.05) is 56.4 Å². The van der Waals surface area contributed by atoms with Crippen molar-refractivity contribution in [2.24, 2.45) is 0 Å². The van der Waals surface area contributed by atoms with E-state index in [9.17, 15) is 0 Å². The summed E-state index contributed by atoms with van der Waals surface area (Å²) in [6.45, 7) is 2.74. The van der Waals surface area contributed by atoms with Gasteiger partial charge in [-0.3, -0.25) is 0 Å². The summed E-state index contributed by atoms with van der Waals surface area (Å²) in [5.74, 6) is 1.56. The van der Waals surface area contributed by atoms with Crippen LogP contribution in [0.4, 0.5) is 0 Å². The van der Waals surface area contributed by atoms with Crippen LogP contribution in [0.5, 0.6) is 11.5 Å². The molecule has 2 rings (SSSR count). The maximum atomic E-state index is 6.21. The van der Waals surface area contributed by atoms with E-state index in [0.717, 1.165) is 29.2 Å². The standard InChI is InChI=1S/C15H16ClNO/c1-11-6-3-4-9-14(11)18-15-12(10-17-2)7-5-8-13(15)16/h3-9,17H,10H2,1-2H3.